The lowest BCUT2D eigenvalue weighted by Crippen LogP contribution is -2.37. The van der Waals surface area contributed by atoms with Gasteiger partial charge in [-0.2, -0.15) is 13.9 Å². The van der Waals surface area contributed by atoms with Crippen LogP contribution in [0.4, 0.5) is 19.2 Å². The zero-order valence-electron chi connectivity index (χ0n) is 16.3. The zero-order chi connectivity index (χ0) is 21.2. The third-order valence-corrected chi connectivity index (χ3v) is 6.24. The second kappa shape index (κ2) is 6.56. The maximum Gasteiger partial charge on any atom is 0.326 e. The lowest BCUT2D eigenvalue weighted by molar-refractivity contribution is -0.114. The molecule has 1 unspecified atom stereocenters. The molecule has 1 atom stereocenters. The van der Waals surface area contributed by atoms with E-state index in [9.17, 15) is 13.2 Å². The van der Waals surface area contributed by atoms with Crippen LogP contribution in [0.25, 0.3) is 5.52 Å². The van der Waals surface area contributed by atoms with Gasteiger partial charge in [-0.1, -0.05) is 11.5 Å². The highest BCUT2D eigenvalue weighted by molar-refractivity contribution is 5.53. The maximum atomic E-state index is 14.7. The number of aromatic nitrogens is 6. The van der Waals surface area contributed by atoms with E-state index in [2.05, 4.69) is 25.3 Å². The van der Waals surface area contributed by atoms with Crippen LogP contribution in [-0.2, 0) is 12.3 Å². The fourth-order valence-electron chi connectivity index (χ4n) is 4.33. The predicted octanol–water partition coefficient (Wildman–Crippen LogP) is 3.62. The van der Waals surface area contributed by atoms with Crippen LogP contribution >= 0.6 is 0 Å². The summed E-state index contributed by atoms with van der Waals surface area (Å²) in [5, 5.41) is 12.1. The Labute approximate surface area is 174 Å². The molecule has 31 heavy (non-hydrogen) atoms. The Morgan fingerprint density at radius 1 is 1.23 bits per heavy atom. The molecule has 160 valence electrons. The highest BCUT2D eigenvalue weighted by Gasteiger charge is 2.49. The minimum Gasteiger partial charge on any atom is -0.401 e. The SMILES string of the molecule is Fc1cccn2nc(C3c4nc[nH]c4CCN3c3nnc(C(F)(F)C4CCC4)o3)cc12. The van der Waals surface area contributed by atoms with Gasteiger partial charge in [0, 0.05) is 30.8 Å². The summed E-state index contributed by atoms with van der Waals surface area (Å²) in [6.07, 6.45) is 5.47. The molecule has 0 spiro atoms. The molecule has 1 aliphatic carbocycles. The number of anilines is 1. The molecule has 8 nitrogen and oxygen atoms in total. The molecule has 4 aromatic rings. The predicted molar refractivity (Wildman–Crippen MR) is 102 cm³/mol. The summed E-state index contributed by atoms with van der Waals surface area (Å²) in [4.78, 5) is 9.22. The van der Waals surface area contributed by atoms with Crippen molar-refractivity contribution in [2.24, 2.45) is 5.92 Å². The van der Waals surface area contributed by atoms with Crippen LogP contribution in [0.2, 0.25) is 0 Å². The number of aromatic amines is 1. The highest BCUT2D eigenvalue weighted by Crippen LogP contribution is 2.47. The van der Waals surface area contributed by atoms with Crippen molar-refractivity contribution in [1.29, 1.82) is 0 Å². The molecule has 4 aromatic heterocycles. The summed E-state index contributed by atoms with van der Waals surface area (Å²) in [5.74, 6) is -5.00. The zero-order valence-corrected chi connectivity index (χ0v) is 16.3. The summed E-state index contributed by atoms with van der Waals surface area (Å²) in [6.45, 7) is 0.423. The van der Waals surface area contributed by atoms with E-state index in [1.807, 2.05) is 0 Å². The van der Waals surface area contributed by atoms with Crippen molar-refractivity contribution in [3.8, 4) is 0 Å². The van der Waals surface area contributed by atoms with Crippen molar-refractivity contribution in [3.05, 3.63) is 59.5 Å². The number of nitrogens with one attached hydrogen (secondary N) is 1. The molecule has 0 amide bonds. The number of fused-ring (bicyclic) bond motifs is 2. The Hall–Kier alpha value is -3.37. The molecule has 5 heterocycles. The molecular formula is C20H18F3N7O. The highest BCUT2D eigenvalue weighted by atomic mass is 19.3. The number of alkyl halides is 2. The molecule has 1 saturated carbocycles. The first-order chi connectivity index (χ1) is 15.0. The van der Waals surface area contributed by atoms with E-state index in [1.54, 1.807) is 29.6 Å². The first-order valence-electron chi connectivity index (χ1n) is 10.2. The van der Waals surface area contributed by atoms with Gasteiger partial charge < -0.3 is 14.3 Å². The number of hydrogen-bond acceptors (Lipinski definition) is 6. The Bertz CT molecular complexity index is 1260. The largest absolute Gasteiger partial charge is 0.401 e. The molecule has 6 rings (SSSR count). The van der Waals surface area contributed by atoms with Gasteiger partial charge in [-0.3, -0.25) is 0 Å². The van der Waals surface area contributed by atoms with Crippen molar-refractivity contribution in [1.82, 2.24) is 29.8 Å². The Kier molecular flexibility index (Phi) is 3.90. The van der Waals surface area contributed by atoms with Gasteiger partial charge in [0.05, 0.1) is 17.7 Å². The number of pyridine rings is 1. The van der Waals surface area contributed by atoms with Crippen molar-refractivity contribution in [2.45, 2.75) is 37.6 Å². The molecule has 0 bridgehead atoms. The molecule has 1 aliphatic heterocycles. The van der Waals surface area contributed by atoms with Crippen molar-refractivity contribution < 1.29 is 17.6 Å². The molecule has 0 aromatic carbocycles. The normalized spacial score (nSPS) is 19.6. The van der Waals surface area contributed by atoms with Gasteiger partial charge in [0.25, 0.3) is 5.89 Å². The fraction of sp³-hybridized carbons (Fsp3) is 0.400. The molecule has 0 radical (unpaired) electrons. The van der Waals surface area contributed by atoms with E-state index in [1.165, 1.54) is 10.6 Å². The van der Waals surface area contributed by atoms with E-state index in [0.29, 0.717) is 42.7 Å². The van der Waals surface area contributed by atoms with Crippen LogP contribution < -0.4 is 4.90 Å². The number of nitrogens with zero attached hydrogens (tertiary/aromatic N) is 6. The van der Waals surface area contributed by atoms with Crippen LogP contribution in [0.5, 0.6) is 0 Å². The van der Waals surface area contributed by atoms with Crippen molar-refractivity contribution in [2.75, 3.05) is 11.4 Å². The topological polar surface area (TPSA) is 88.1 Å². The van der Waals surface area contributed by atoms with Gasteiger partial charge in [-0.25, -0.2) is 13.9 Å². The standard InChI is InChI=1S/C20H18F3N7O/c21-12-5-2-7-30-15(12)9-14(28-30)17-16-13(24-10-25-16)6-8-29(17)19-27-26-18(31-19)20(22,23)11-3-1-4-11/h2,5,7,9-11,17H,1,3-4,6,8H2,(H,24,25). The number of rotatable bonds is 4. The first-order valence-corrected chi connectivity index (χ1v) is 10.2. The fourth-order valence-corrected chi connectivity index (χ4v) is 4.33. The van der Waals surface area contributed by atoms with Crippen molar-refractivity contribution in [3.63, 3.8) is 0 Å². The maximum absolute atomic E-state index is 14.7. The Morgan fingerprint density at radius 3 is 2.87 bits per heavy atom. The summed E-state index contributed by atoms with van der Waals surface area (Å²) < 4.78 is 50.6. The van der Waals surface area contributed by atoms with Gasteiger partial charge in [-0.15, -0.1) is 5.10 Å². The Balaban J connectivity index is 1.43. The number of halogens is 3. The molecule has 0 saturated heterocycles. The molecule has 11 heteroatoms. The van der Waals surface area contributed by atoms with Gasteiger partial charge in [-0.05, 0) is 31.0 Å². The van der Waals surface area contributed by atoms with Crippen LogP contribution in [0.1, 0.15) is 48.3 Å². The van der Waals surface area contributed by atoms with Crippen LogP contribution in [-0.4, -0.2) is 36.3 Å². The summed E-state index contributed by atoms with van der Waals surface area (Å²) in [6, 6.07) is 3.93. The Morgan fingerprint density at radius 2 is 2.10 bits per heavy atom. The van der Waals surface area contributed by atoms with E-state index >= 15 is 0 Å². The average molecular weight is 429 g/mol. The summed E-state index contributed by atoms with van der Waals surface area (Å²) in [7, 11) is 0. The van der Waals surface area contributed by atoms with Crippen LogP contribution in [0, 0.1) is 11.7 Å². The number of hydrogen-bond donors (Lipinski definition) is 1. The monoisotopic (exact) mass is 429 g/mol. The third-order valence-electron chi connectivity index (χ3n) is 6.24. The van der Waals surface area contributed by atoms with Gasteiger partial charge >= 0.3 is 11.9 Å². The average Bonchev–Trinajstić information content (AvgIpc) is 3.44. The second-order valence-corrected chi connectivity index (χ2v) is 8.01. The number of imidazole rings is 1. The lowest BCUT2D eigenvalue weighted by atomic mass is 9.80. The second-order valence-electron chi connectivity index (χ2n) is 8.01. The van der Waals surface area contributed by atoms with E-state index < -0.39 is 29.6 Å². The smallest absolute Gasteiger partial charge is 0.326 e. The minimum atomic E-state index is -3.15. The molecule has 2 aliphatic rings. The molecular weight excluding hydrogens is 411 g/mol. The number of H-pyrrole nitrogens is 1. The molecule has 1 N–H and O–H groups in total. The first kappa shape index (κ1) is 18.4. The van der Waals surface area contributed by atoms with Gasteiger partial charge in [0.2, 0.25) is 0 Å². The summed E-state index contributed by atoms with van der Waals surface area (Å²) >= 11 is 0. The van der Waals surface area contributed by atoms with Crippen LogP contribution in [0.3, 0.4) is 0 Å². The van der Waals surface area contributed by atoms with Crippen LogP contribution in [0.15, 0.2) is 35.1 Å². The minimum absolute atomic E-state index is 0.0230. The third kappa shape index (κ3) is 2.75. The van der Waals surface area contributed by atoms with E-state index in [0.717, 1.165) is 12.1 Å². The summed E-state index contributed by atoms with van der Waals surface area (Å²) in [5.41, 5.74) is 2.38. The lowest BCUT2D eigenvalue weighted by Gasteiger charge is -2.32. The van der Waals surface area contributed by atoms with Gasteiger partial charge in [0.15, 0.2) is 0 Å². The van der Waals surface area contributed by atoms with Crippen molar-refractivity contribution >= 4 is 11.5 Å². The quantitative estimate of drug-likeness (QED) is 0.533. The van der Waals surface area contributed by atoms with E-state index in [-0.39, 0.29) is 6.01 Å². The van der Waals surface area contributed by atoms with E-state index in [4.69, 9.17) is 4.42 Å². The van der Waals surface area contributed by atoms with Gasteiger partial charge in [0.1, 0.15) is 17.4 Å². The molecule has 1 fully saturated rings.